The zero-order valence-electron chi connectivity index (χ0n) is 16.5. The van der Waals surface area contributed by atoms with Gasteiger partial charge in [-0.2, -0.15) is 0 Å². The summed E-state index contributed by atoms with van der Waals surface area (Å²) in [7, 11) is 0. The van der Waals surface area contributed by atoms with Crippen LogP contribution in [0.15, 0.2) is 36.9 Å². The van der Waals surface area contributed by atoms with Crippen LogP contribution in [0.2, 0.25) is 0 Å². The van der Waals surface area contributed by atoms with E-state index < -0.39 is 0 Å². The highest BCUT2D eigenvalue weighted by atomic mass is 16.2. The van der Waals surface area contributed by atoms with Gasteiger partial charge in [-0.3, -0.25) is 19.4 Å². The van der Waals surface area contributed by atoms with Crippen molar-refractivity contribution in [3.05, 3.63) is 36.9 Å². The van der Waals surface area contributed by atoms with Crippen LogP contribution in [0.1, 0.15) is 12.8 Å². The lowest BCUT2D eigenvalue weighted by Crippen LogP contribution is -2.51. The lowest BCUT2D eigenvalue weighted by atomic mass is 10.2. The van der Waals surface area contributed by atoms with Gasteiger partial charge in [0.25, 0.3) is 0 Å². The number of piperazine rings is 1. The lowest BCUT2D eigenvalue weighted by Gasteiger charge is -2.33. The number of anilines is 2. The van der Waals surface area contributed by atoms with Gasteiger partial charge in [-0.15, -0.1) is 6.58 Å². The average Bonchev–Trinajstić information content (AvgIpc) is 3.23. The molecule has 0 radical (unpaired) electrons. The van der Waals surface area contributed by atoms with Gasteiger partial charge >= 0.3 is 0 Å². The first kappa shape index (κ1) is 20.4. The summed E-state index contributed by atoms with van der Waals surface area (Å²) in [6.07, 6.45) is 4.19. The van der Waals surface area contributed by atoms with Crippen molar-refractivity contribution in [3.8, 4) is 0 Å². The highest BCUT2D eigenvalue weighted by Gasteiger charge is 2.20. The smallest absolute Gasteiger partial charge is 0.238 e. The standard InChI is InChI=1S/C21H31N5O2/c1-2-9-22-20(27)16-24-12-14-25(15-13-24)17-21(28)23-18-5-7-19(8-6-18)26-10-3-4-11-26/h2,5-8H,1,3-4,9-17H2,(H,22,27)(H,23,28). The number of benzene rings is 1. The van der Waals surface area contributed by atoms with Crippen LogP contribution in [0, 0.1) is 0 Å². The van der Waals surface area contributed by atoms with Crippen molar-refractivity contribution in [2.24, 2.45) is 0 Å². The molecule has 0 aliphatic carbocycles. The van der Waals surface area contributed by atoms with Crippen LogP contribution in [0.25, 0.3) is 0 Å². The second-order valence-corrected chi connectivity index (χ2v) is 7.43. The minimum absolute atomic E-state index is 0.00565. The number of rotatable bonds is 8. The zero-order valence-corrected chi connectivity index (χ0v) is 16.5. The number of carbonyl (C=O) groups is 2. The van der Waals surface area contributed by atoms with Gasteiger partial charge in [0.1, 0.15) is 0 Å². The highest BCUT2D eigenvalue weighted by Crippen LogP contribution is 2.22. The van der Waals surface area contributed by atoms with Crippen molar-refractivity contribution in [1.82, 2.24) is 15.1 Å². The summed E-state index contributed by atoms with van der Waals surface area (Å²) in [4.78, 5) is 30.7. The molecule has 0 saturated carbocycles. The fourth-order valence-electron chi connectivity index (χ4n) is 3.69. The summed E-state index contributed by atoms with van der Waals surface area (Å²) in [6.45, 7) is 10.3. The largest absolute Gasteiger partial charge is 0.372 e. The van der Waals surface area contributed by atoms with Crippen molar-refractivity contribution in [2.45, 2.75) is 12.8 Å². The van der Waals surface area contributed by atoms with E-state index in [4.69, 9.17) is 0 Å². The second kappa shape index (κ2) is 10.2. The van der Waals surface area contributed by atoms with E-state index in [2.05, 4.69) is 44.0 Å². The molecule has 1 aromatic rings. The van der Waals surface area contributed by atoms with E-state index in [1.54, 1.807) is 6.08 Å². The van der Waals surface area contributed by atoms with Crippen LogP contribution in [0.4, 0.5) is 11.4 Å². The lowest BCUT2D eigenvalue weighted by molar-refractivity contribution is -0.123. The highest BCUT2D eigenvalue weighted by molar-refractivity contribution is 5.92. The fraction of sp³-hybridized carbons (Fsp3) is 0.524. The third-order valence-electron chi connectivity index (χ3n) is 5.27. The molecule has 2 aliphatic rings. The van der Waals surface area contributed by atoms with Gasteiger partial charge in [-0.05, 0) is 37.1 Å². The third-order valence-corrected chi connectivity index (χ3v) is 5.27. The maximum absolute atomic E-state index is 12.3. The van der Waals surface area contributed by atoms with Gasteiger partial charge in [0, 0.05) is 57.2 Å². The molecule has 2 amide bonds. The third kappa shape index (κ3) is 6.07. The van der Waals surface area contributed by atoms with Crippen molar-refractivity contribution < 1.29 is 9.59 Å². The Morgan fingerprint density at radius 1 is 0.893 bits per heavy atom. The molecular weight excluding hydrogens is 354 g/mol. The molecule has 2 aliphatic heterocycles. The minimum atomic E-state index is 0.00565. The Kier molecular flexibility index (Phi) is 7.45. The molecule has 2 N–H and O–H groups in total. The van der Waals surface area contributed by atoms with E-state index in [1.807, 2.05) is 12.1 Å². The summed E-state index contributed by atoms with van der Waals surface area (Å²) >= 11 is 0. The Balaban J connectivity index is 1.37. The number of amides is 2. The summed E-state index contributed by atoms with van der Waals surface area (Å²) in [5.41, 5.74) is 2.06. The summed E-state index contributed by atoms with van der Waals surface area (Å²) in [6, 6.07) is 8.12. The van der Waals surface area contributed by atoms with Gasteiger partial charge in [-0.1, -0.05) is 6.08 Å². The zero-order chi connectivity index (χ0) is 19.8. The Morgan fingerprint density at radius 2 is 1.46 bits per heavy atom. The fourth-order valence-corrected chi connectivity index (χ4v) is 3.69. The van der Waals surface area contributed by atoms with E-state index in [-0.39, 0.29) is 11.8 Å². The Morgan fingerprint density at radius 3 is 2.04 bits per heavy atom. The molecule has 0 aromatic heterocycles. The van der Waals surface area contributed by atoms with Crippen LogP contribution in [-0.4, -0.2) is 80.5 Å². The van der Waals surface area contributed by atoms with Crippen LogP contribution < -0.4 is 15.5 Å². The molecule has 3 rings (SSSR count). The van der Waals surface area contributed by atoms with E-state index in [0.717, 1.165) is 45.0 Å². The minimum Gasteiger partial charge on any atom is -0.372 e. The maximum Gasteiger partial charge on any atom is 0.238 e. The number of hydrogen-bond donors (Lipinski definition) is 2. The van der Waals surface area contributed by atoms with E-state index in [1.165, 1.54) is 18.5 Å². The van der Waals surface area contributed by atoms with Gasteiger partial charge in [0.2, 0.25) is 11.8 Å². The van der Waals surface area contributed by atoms with Crippen molar-refractivity contribution in [1.29, 1.82) is 0 Å². The molecule has 152 valence electrons. The molecule has 7 nitrogen and oxygen atoms in total. The molecule has 2 fully saturated rings. The Labute approximate surface area is 167 Å². The first-order valence-corrected chi connectivity index (χ1v) is 10.1. The molecule has 0 spiro atoms. The van der Waals surface area contributed by atoms with Crippen LogP contribution in [-0.2, 0) is 9.59 Å². The quantitative estimate of drug-likeness (QED) is 0.657. The van der Waals surface area contributed by atoms with E-state index >= 15 is 0 Å². The van der Waals surface area contributed by atoms with Crippen LogP contribution in [0.3, 0.4) is 0 Å². The van der Waals surface area contributed by atoms with Gasteiger partial charge in [-0.25, -0.2) is 0 Å². The van der Waals surface area contributed by atoms with Crippen molar-refractivity contribution in [2.75, 3.05) is 69.1 Å². The van der Waals surface area contributed by atoms with Gasteiger partial charge in [0.05, 0.1) is 13.1 Å². The SMILES string of the molecule is C=CCNC(=O)CN1CCN(CC(=O)Nc2ccc(N3CCCC3)cc2)CC1. The molecule has 7 heteroatoms. The predicted octanol–water partition coefficient (Wildman–Crippen LogP) is 1.15. The number of hydrogen-bond acceptors (Lipinski definition) is 5. The van der Waals surface area contributed by atoms with Crippen LogP contribution >= 0.6 is 0 Å². The first-order chi connectivity index (χ1) is 13.6. The van der Waals surface area contributed by atoms with Gasteiger partial charge < -0.3 is 15.5 Å². The second-order valence-electron chi connectivity index (χ2n) is 7.43. The Hall–Kier alpha value is -2.38. The molecular formula is C21H31N5O2. The summed E-state index contributed by atoms with van der Waals surface area (Å²) in [5.74, 6) is 0.0227. The molecule has 0 bridgehead atoms. The molecule has 0 atom stereocenters. The maximum atomic E-state index is 12.3. The summed E-state index contributed by atoms with van der Waals surface area (Å²) < 4.78 is 0. The molecule has 0 unspecified atom stereocenters. The topological polar surface area (TPSA) is 67.9 Å². The molecule has 2 heterocycles. The summed E-state index contributed by atoms with van der Waals surface area (Å²) in [5, 5.41) is 5.78. The first-order valence-electron chi connectivity index (χ1n) is 10.1. The number of carbonyl (C=O) groups excluding carboxylic acids is 2. The van der Waals surface area contributed by atoms with E-state index in [0.29, 0.717) is 19.6 Å². The Bertz CT molecular complexity index is 662. The normalized spacial score (nSPS) is 18.1. The molecule has 28 heavy (non-hydrogen) atoms. The van der Waals surface area contributed by atoms with Crippen LogP contribution in [0.5, 0.6) is 0 Å². The average molecular weight is 386 g/mol. The number of nitrogens with one attached hydrogen (secondary N) is 2. The molecule has 2 saturated heterocycles. The number of nitrogens with zero attached hydrogens (tertiary/aromatic N) is 3. The predicted molar refractivity (Wildman–Crippen MR) is 113 cm³/mol. The van der Waals surface area contributed by atoms with Crippen molar-refractivity contribution >= 4 is 23.2 Å². The van der Waals surface area contributed by atoms with Crippen molar-refractivity contribution in [3.63, 3.8) is 0 Å². The monoisotopic (exact) mass is 385 g/mol. The van der Waals surface area contributed by atoms with E-state index in [9.17, 15) is 9.59 Å². The molecule has 1 aromatic carbocycles. The van der Waals surface area contributed by atoms with Gasteiger partial charge in [0.15, 0.2) is 0 Å².